The van der Waals surface area contributed by atoms with Gasteiger partial charge in [-0.3, -0.25) is 10.6 Å². The molecule has 0 spiro atoms. The van der Waals surface area contributed by atoms with Crippen LogP contribution < -0.4 is 26.1 Å². The summed E-state index contributed by atoms with van der Waals surface area (Å²) in [5.41, 5.74) is 6.57. The predicted octanol–water partition coefficient (Wildman–Crippen LogP) is 10.1. The van der Waals surface area contributed by atoms with Crippen LogP contribution in [0.2, 0.25) is 0 Å². The number of aryl methyl sites for hydroxylation is 1. The Labute approximate surface area is 335 Å². The summed E-state index contributed by atoms with van der Waals surface area (Å²) < 4.78 is 0. The van der Waals surface area contributed by atoms with Gasteiger partial charge in [0.1, 0.15) is 22.7 Å². The van der Waals surface area contributed by atoms with Gasteiger partial charge in [-0.2, -0.15) is 0 Å². The average Bonchev–Trinajstić information content (AvgIpc) is 3.22. The van der Waals surface area contributed by atoms with Crippen molar-refractivity contribution >= 4 is 35.3 Å². The molecule has 5 rings (SSSR count). The number of hydrogen-bond acceptors (Lipinski definition) is 2. The van der Waals surface area contributed by atoms with Gasteiger partial charge < -0.3 is 10.0 Å². The molecule has 0 atom stereocenters. The van der Waals surface area contributed by atoms with Crippen LogP contribution in [0.15, 0.2) is 146 Å². The van der Waals surface area contributed by atoms with Crippen LogP contribution >= 0.6 is 0 Å². The van der Waals surface area contributed by atoms with Crippen LogP contribution in [0, 0.1) is 0 Å². The van der Waals surface area contributed by atoms with Crippen LogP contribution in [0.1, 0.15) is 128 Å². The highest BCUT2D eigenvalue weighted by atomic mass is 16.4. The summed E-state index contributed by atoms with van der Waals surface area (Å²) in [7, 11) is -1.85. The first-order chi connectivity index (χ1) is 27.1. The minimum absolute atomic E-state index is 0.353. The fraction of sp³-hybridized carbons (Fsp3) is 0.400. The molecule has 0 radical (unpaired) electrons. The normalized spacial score (nSPS) is 10.5. The average molecular weight is 741 g/mol. The van der Waals surface area contributed by atoms with Crippen molar-refractivity contribution in [2.75, 3.05) is 0 Å². The van der Waals surface area contributed by atoms with Gasteiger partial charge in [-0.1, -0.05) is 220 Å². The maximum Gasteiger partial charge on any atom is 0.134 e. The Morgan fingerprint density at radius 1 is 0.345 bits per heavy atom. The Kier molecular flexibility index (Phi) is 25.8. The van der Waals surface area contributed by atoms with E-state index in [1.165, 1.54) is 144 Å². The first kappa shape index (κ1) is 45.4. The fourth-order valence-corrected chi connectivity index (χ4v) is 6.65. The van der Waals surface area contributed by atoms with Crippen molar-refractivity contribution in [2.24, 2.45) is 0 Å². The van der Waals surface area contributed by atoms with E-state index in [9.17, 15) is 10.0 Å². The van der Waals surface area contributed by atoms with Gasteiger partial charge >= 0.3 is 0 Å². The molecular weight excluding hydrogens is 671 g/mol. The maximum atomic E-state index is 10.8. The van der Waals surface area contributed by atoms with Crippen LogP contribution in [0.25, 0.3) is 0 Å². The first-order valence-electron chi connectivity index (χ1n) is 21.4. The molecule has 0 saturated heterocycles. The molecule has 5 aromatic rings. The summed E-state index contributed by atoms with van der Waals surface area (Å²) in [5.74, 6) is 0. The van der Waals surface area contributed by atoms with E-state index in [4.69, 9.17) is 0 Å². The summed E-state index contributed by atoms with van der Waals surface area (Å²) in [6.07, 6.45) is 26.3. The van der Waals surface area contributed by atoms with Crippen LogP contribution in [0.4, 0.5) is 22.7 Å². The molecule has 294 valence electrons. The molecule has 0 amide bonds. The quantitative estimate of drug-likeness (QED) is 0.0375. The molecule has 0 saturated carbocycles. The molecule has 0 heterocycles. The molecule has 0 fully saturated rings. The maximum absolute atomic E-state index is 10.8. The van der Waals surface area contributed by atoms with Crippen molar-refractivity contribution < 1.29 is 20.7 Å². The number of nitrogens with two attached hydrogens (primary N) is 2. The third-order valence-electron chi connectivity index (χ3n) is 9.94. The Hall–Kier alpha value is -4.00. The molecule has 5 heteroatoms. The second-order valence-corrected chi connectivity index (χ2v) is 14.8. The van der Waals surface area contributed by atoms with Gasteiger partial charge in [0.2, 0.25) is 0 Å². The molecule has 4 N–H and O–H groups in total. The minimum atomic E-state index is -1.85. The Morgan fingerprint density at radius 2 is 0.618 bits per heavy atom. The molecule has 0 aliphatic heterocycles. The van der Waals surface area contributed by atoms with Crippen molar-refractivity contribution in [3.05, 3.63) is 151 Å². The van der Waals surface area contributed by atoms with Crippen molar-refractivity contribution in [1.29, 1.82) is 0 Å². The largest absolute Gasteiger partial charge is 0.889 e. The highest BCUT2D eigenvalue weighted by molar-refractivity contribution is 6.55. The highest BCUT2D eigenvalue weighted by Crippen LogP contribution is 2.15. The molecule has 0 bridgehead atoms. The Bertz CT molecular complexity index is 1400. The van der Waals surface area contributed by atoms with E-state index in [-0.39, 0.29) is 0 Å². The monoisotopic (exact) mass is 741 g/mol. The second-order valence-electron chi connectivity index (χ2n) is 14.8. The zero-order chi connectivity index (χ0) is 38.9. The van der Waals surface area contributed by atoms with Gasteiger partial charge in [-0.05, 0) is 66.9 Å². The number of benzene rings is 5. The summed E-state index contributed by atoms with van der Waals surface area (Å²) in [6.45, 7) is 2.29. The Morgan fingerprint density at radius 3 is 0.891 bits per heavy atom. The van der Waals surface area contributed by atoms with Crippen LogP contribution in [-0.4, -0.2) is 7.12 Å². The fourth-order valence-electron chi connectivity index (χ4n) is 6.65. The lowest BCUT2D eigenvalue weighted by molar-refractivity contribution is -0.479. The van der Waals surface area contributed by atoms with Crippen LogP contribution in [-0.2, 0) is 6.42 Å². The third-order valence-corrected chi connectivity index (χ3v) is 9.94. The smallest absolute Gasteiger partial charge is 0.134 e. The lowest BCUT2D eigenvalue weighted by Crippen LogP contribution is -2.70. The van der Waals surface area contributed by atoms with Gasteiger partial charge in [-0.15, -0.1) is 5.46 Å². The lowest BCUT2D eigenvalue weighted by Gasteiger charge is -2.26. The Balaban J connectivity index is 0.000000254. The van der Waals surface area contributed by atoms with Crippen LogP contribution in [0.5, 0.6) is 0 Å². The number of hydrogen-bond donors (Lipinski definition) is 2. The van der Waals surface area contributed by atoms with Gasteiger partial charge in [0.15, 0.2) is 0 Å². The number of unbranched alkanes of at least 4 members (excludes halogenated alkanes) is 17. The summed E-state index contributed by atoms with van der Waals surface area (Å²) in [6, 6.07) is 48.6. The van der Waals surface area contributed by atoms with E-state index in [1.807, 2.05) is 36.4 Å². The lowest BCUT2D eigenvalue weighted by atomic mass is 9.80. The topological polar surface area (TPSA) is 79.3 Å². The zero-order valence-electron chi connectivity index (χ0n) is 33.8. The van der Waals surface area contributed by atoms with Gasteiger partial charge in [0.25, 0.3) is 0 Å². The van der Waals surface area contributed by atoms with E-state index in [1.54, 1.807) is 12.1 Å². The van der Waals surface area contributed by atoms with Crippen LogP contribution in [0.3, 0.4) is 0 Å². The predicted molar refractivity (Wildman–Crippen MR) is 233 cm³/mol. The van der Waals surface area contributed by atoms with E-state index < -0.39 is 7.12 Å². The molecule has 0 unspecified atom stereocenters. The third kappa shape index (κ3) is 23.5. The van der Waals surface area contributed by atoms with Crippen molar-refractivity contribution in [3.8, 4) is 0 Å². The van der Waals surface area contributed by atoms with Gasteiger partial charge in [0.05, 0.1) is 0 Å². The summed E-state index contributed by atoms with van der Waals surface area (Å²) >= 11 is 0. The standard InChI is InChI=1S/C26H45BO2.2C12H11N/c1-2-3-4-5-6-7-8-9-10-11-12-13-14-15-16-17-18-19-20-25-21-23-26(24-22-25)27(28)29;2*1-3-7-11(8-4-1)13-12-9-5-2-6-10-12/h21-24H,2-20H2,1H3;2*1-10,13H/q-2;;/p+2. The summed E-state index contributed by atoms with van der Waals surface area (Å²) in [4.78, 5) is 0. The first-order valence-corrected chi connectivity index (χ1v) is 21.4. The minimum Gasteiger partial charge on any atom is -0.889 e. The molecule has 0 aromatic heterocycles. The highest BCUT2D eigenvalue weighted by Gasteiger charge is 1.99. The SMILES string of the molecule is CCCCCCCCCCCCCCCCCCCCc1ccc(B([O-])[O-])cc1.c1ccc([NH2+]c2ccccc2)cc1.c1ccc([NH2+]c2ccccc2)cc1. The second kappa shape index (κ2) is 31.2. The van der Waals surface area contributed by atoms with Gasteiger partial charge in [-0.25, -0.2) is 0 Å². The van der Waals surface area contributed by atoms with Crippen molar-refractivity contribution in [2.45, 2.75) is 129 Å². The molecule has 5 aromatic carbocycles. The van der Waals surface area contributed by atoms with E-state index in [2.05, 4.69) is 115 Å². The molecule has 4 nitrogen and oxygen atoms in total. The van der Waals surface area contributed by atoms with Crippen molar-refractivity contribution in [1.82, 2.24) is 0 Å². The molecule has 55 heavy (non-hydrogen) atoms. The van der Waals surface area contributed by atoms with E-state index >= 15 is 0 Å². The van der Waals surface area contributed by atoms with Gasteiger partial charge in [0, 0.05) is 0 Å². The molecule has 0 aliphatic carbocycles. The molecular formula is C50H69BN2O2. The number of para-hydroxylation sites is 4. The zero-order valence-corrected chi connectivity index (χ0v) is 33.8. The number of quaternary nitrogens is 2. The summed E-state index contributed by atoms with van der Waals surface area (Å²) in [5, 5.41) is 26.0. The van der Waals surface area contributed by atoms with E-state index in [0.717, 1.165) is 6.42 Å². The molecule has 0 aliphatic rings. The number of rotatable bonds is 24. The van der Waals surface area contributed by atoms with E-state index in [0.29, 0.717) is 5.46 Å². The van der Waals surface area contributed by atoms with Crippen molar-refractivity contribution in [3.63, 3.8) is 0 Å².